The first-order chi connectivity index (χ1) is 14.6. The number of anilines is 1. The van der Waals surface area contributed by atoms with Gasteiger partial charge in [0.1, 0.15) is 5.84 Å². The highest BCUT2D eigenvalue weighted by atomic mass is 32.2. The van der Waals surface area contributed by atoms with Crippen LogP contribution in [0.5, 0.6) is 0 Å². The van der Waals surface area contributed by atoms with E-state index >= 15 is 0 Å². The summed E-state index contributed by atoms with van der Waals surface area (Å²) in [5, 5.41) is 9.17. The number of aliphatic imine (C=N–C) groups is 1. The zero-order valence-corrected chi connectivity index (χ0v) is 17.8. The van der Waals surface area contributed by atoms with Crippen LogP contribution in [0.25, 0.3) is 10.8 Å². The van der Waals surface area contributed by atoms with E-state index in [9.17, 15) is 4.79 Å². The summed E-state index contributed by atoms with van der Waals surface area (Å²) in [5.41, 5.74) is 4.47. The van der Waals surface area contributed by atoms with Gasteiger partial charge in [-0.3, -0.25) is 4.79 Å². The first-order valence-electron chi connectivity index (χ1n) is 9.96. The third-order valence-electron chi connectivity index (χ3n) is 5.60. The SMILES string of the molecule is CN(C)c1ccc(C2CC(c3ccc4ccccc4c3)=NN2C2=NC(=O)SC2)cc1. The van der Waals surface area contributed by atoms with Gasteiger partial charge >= 0.3 is 5.24 Å². The Kier molecular flexibility index (Phi) is 4.79. The maximum absolute atomic E-state index is 11.8. The summed E-state index contributed by atoms with van der Waals surface area (Å²) >= 11 is 1.23. The fraction of sp³-hybridized carbons (Fsp3) is 0.208. The molecule has 0 saturated carbocycles. The van der Waals surface area contributed by atoms with Crippen molar-refractivity contribution in [2.24, 2.45) is 10.1 Å². The van der Waals surface area contributed by atoms with Crippen LogP contribution in [0.3, 0.4) is 0 Å². The van der Waals surface area contributed by atoms with Crippen molar-refractivity contribution < 1.29 is 4.79 Å². The van der Waals surface area contributed by atoms with Crippen molar-refractivity contribution in [3.05, 3.63) is 77.9 Å². The highest BCUT2D eigenvalue weighted by Crippen LogP contribution is 2.36. The largest absolute Gasteiger partial charge is 0.378 e. The number of nitrogens with zero attached hydrogens (tertiary/aromatic N) is 4. The molecule has 0 aromatic heterocycles. The van der Waals surface area contributed by atoms with E-state index in [-0.39, 0.29) is 11.3 Å². The molecule has 5 nitrogen and oxygen atoms in total. The molecule has 0 spiro atoms. The molecule has 30 heavy (non-hydrogen) atoms. The summed E-state index contributed by atoms with van der Waals surface area (Å²) in [4.78, 5) is 18.1. The predicted octanol–water partition coefficient (Wildman–Crippen LogP) is 5.32. The number of hydrogen-bond acceptors (Lipinski definition) is 5. The molecule has 0 saturated heterocycles. The standard InChI is InChI=1S/C24H22N4OS/c1-27(2)20-11-9-17(10-12-20)22-14-21(26-28(22)23-15-30-24(29)25-23)19-8-7-16-5-3-4-6-18(16)13-19/h3-13,22H,14-15H2,1-2H3. The van der Waals surface area contributed by atoms with E-state index < -0.39 is 0 Å². The number of fused-ring (bicyclic) bond motifs is 1. The maximum atomic E-state index is 11.8. The topological polar surface area (TPSA) is 48.3 Å². The Labute approximate surface area is 180 Å². The highest BCUT2D eigenvalue weighted by molar-refractivity contribution is 8.14. The van der Waals surface area contributed by atoms with E-state index in [0.717, 1.165) is 29.2 Å². The fourth-order valence-corrected chi connectivity index (χ4v) is 4.58. The van der Waals surface area contributed by atoms with Crippen molar-refractivity contribution in [1.29, 1.82) is 0 Å². The molecule has 0 bridgehead atoms. The summed E-state index contributed by atoms with van der Waals surface area (Å²) in [7, 11) is 4.07. The van der Waals surface area contributed by atoms with Crippen LogP contribution in [0.15, 0.2) is 76.8 Å². The second-order valence-electron chi connectivity index (χ2n) is 7.74. The molecule has 0 fully saturated rings. The molecule has 150 valence electrons. The summed E-state index contributed by atoms with van der Waals surface area (Å²) in [6, 6.07) is 23.4. The van der Waals surface area contributed by atoms with Crippen molar-refractivity contribution in [3.8, 4) is 0 Å². The summed E-state index contributed by atoms with van der Waals surface area (Å²) < 4.78 is 0. The molecule has 3 aromatic carbocycles. The van der Waals surface area contributed by atoms with Gasteiger partial charge in [-0.2, -0.15) is 10.1 Å². The van der Waals surface area contributed by atoms with Crippen LogP contribution in [0.1, 0.15) is 23.6 Å². The van der Waals surface area contributed by atoms with Crippen LogP contribution in [-0.4, -0.2) is 41.6 Å². The van der Waals surface area contributed by atoms with Crippen LogP contribution < -0.4 is 4.90 Å². The molecule has 1 amide bonds. The average Bonchev–Trinajstić information content (AvgIpc) is 3.40. The number of hydrogen-bond donors (Lipinski definition) is 0. The molecule has 6 heteroatoms. The van der Waals surface area contributed by atoms with Gasteiger partial charge in [0, 0.05) is 26.2 Å². The number of amidine groups is 1. The lowest BCUT2D eigenvalue weighted by Crippen LogP contribution is -2.27. The number of carbonyl (C=O) groups excluding carboxylic acids is 1. The van der Waals surface area contributed by atoms with Gasteiger partial charge in [0.15, 0.2) is 0 Å². The molecule has 1 unspecified atom stereocenters. The van der Waals surface area contributed by atoms with Crippen LogP contribution in [-0.2, 0) is 0 Å². The van der Waals surface area contributed by atoms with E-state index in [1.807, 2.05) is 19.1 Å². The maximum Gasteiger partial charge on any atom is 0.307 e. The number of thioether (sulfide) groups is 1. The van der Waals surface area contributed by atoms with Crippen molar-refractivity contribution in [2.75, 3.05) is 24.7 Å². The second kappa shape index (κ2) is 7.61. The summed E-state index contributed by atoms with van der Waals surface area (Å²) in [6.45, 7) is 0. The normalized spacial score (nSPS) is 18.7. The average molecular weight is 415 g/mol. The molecule has 0 aliphatic carbocycles. The third-order valence-corrected chi connectivity index (χ3v) is 6.34. The van der Waals surface area contributed by atoms with Crippen molar-refractivity contribution in [3.63, 3.8) is 0 Å². The number of rotatable bonds is 3. The van der Waals surface area contributed by atoms with Crippen molar-refractivity contribution >= 4 is 45.0 Å². The second-order valence-corrected chi connectivity index (χ2v) is 8.67. The molecular weight excluding hydrogens is 392 g/mol. The van der Waals surface area contributed by atoms with E-state index in [0.29, 0.717) is 5.75 Å². The van der Waals surface area contributed by atoms with E-state index in [1.165, 1.54) is 28.1 Å². The Balaban J connectivity index is 1.52. The minimum atomic E-state index is -0.138. The van der Waals surface area contributed by atoms with Gasteiger partial charge in [-0.05, 0) is 40.1 Å². The molecule has 5 rings (SSSR count). The van der Waals surface area contributed by atoms with Crippen LogP contribution in [0.4, 0.5) is 10.5 Å². The van der Waals surface area contributed by atoms with Gasteiger partial charge < -0.3 is 4.90 Å². The Morgan fingerprint density at radius 2 is 1.77 bits per heavy atom. The van der Waals surface area contributed by atoms with E-state index in [1.54, 1.807) is 0 Å². The zero-order valence-electron chi connectivity index (χ0n) is 16.9. The Bertz CT molecular complexity index is 1180. The third kappa shape index (κ3) is 3.48. The minimum Gasteiger partial charge on any atom is -0.378 e. The summed E-state index contributed by atoms with van der Waals surface area (Å²) in [5.74, 6) is 1.31. The van der Waals surface area contributed by atoms with Crippen LogP contribution in [0, 0.1) is 0 Å². The lowest BCUT2D eigenvalue weighted by atomic mass is 9.96. The van der Waals surface area contributed by atoms with Crippen LogP contribution in [0.2, 0.25) is 0 Å². The molecule has 2 heterocycles. The Hall–Kier alpha value is -3.12. The van der Waals surface area contributed by atoms with Crippen molar-refractivity contribution in [2.45, 2.75) is 12.5 Å². The molecule has 0 N–H and O–H groups in total. The monoisotopic (exact) mass is 414 g/mol. The van der Waals surface area contributed by atoms with Gasteiger partial charge in [0.05, 0.1) is 17.5 Å². The van der Waals surface area contributed by atoms with Gasteiger partial charge in [-0.1, -0.05) is 60.3 Å². The zero-order chi connectivity index (χ0) is 20.7. The van der Waals surface area contributed by atoms with Crippen LogP contribution >= 0.6 is 11.8 Å². The molecule has 2 aliphatic heterocycles. The lowest BCUT2D eigenvalue weighted by molar-refractivity contribution is 0.267. The Morgan fingerprint density at radius 3 is 2.47 bits per heavy atom. The van der Waals surface area contributed by atoms with Gasteiger partial charge in [-0.15, -0.1) is 0 Å². The Morgan fingerprint density at radius 1 is 1.00 bits per heavy atom. The number of carbonyl (C=O) groups is 1. The lowest BCUT2D eigenvalue weighted by Gasteiger charge is -2.23. The summed E-state index contributed by atoms with van der Waals surface area (Å²) in [6.07, 6.45) is 0.775. The highest BCUT2D eigenvalue weighted by Gasteiger charge is 2.34. The first-order valence-corrected chi connectivity index (χ1v) is 10.9. The number of hydrazone groups is 1. The smallest absolute Gasteiger partial charge is 0.307 e. The molecule has 2 aliphatic rings. The van der Waals surface area contributed by atoms with E-state index in [2.05, 4.69) is 76.6 Å². The number of amides is 1. The van der Waals surface area contributed by atoms with Gasteiger partial charge in [0.2, 0.25) is 0 Å². The van der Waals surface area contributed by atoms with Gasteiger partial charge in [-0.25, -0.2) is 5.01 Å². The van der Waals surface area contributed by atoms with E-state index in [4.69, 9.17) is 5.10 Å². The first kappa shape index (κ1) is 18.9. The molecule has 1 atom stereocenters. The number of benzene rings is 3. The molecular formula is C24H22N4OS. The minimum absolute atomic E-state index is 0.0351. The quantitative estimate of drug-likeness (QED) is 0.582. The predicted molar refractivity (Wildman–Crippen MR) is 126 cm³/mol. The fourth-order valence-electron chi connectivity index (χ4n) is 3.96. The molecule has 3 aromatic rings. The molecule has 0 radical (unpaired) electrons. The van der Waals surface area contributed by atoms with Crippen molar-refractivity contribution in [1.82, 2.24) is 5.01 Å². The van der Waals surface area contributed by atoms with Gasteiger partial charge in [0.25, 0.3) is 0 Å².